The van der Waals surface area contributed by atoms with Crippen LogP contribution in [0.5, 0.6) is 0 Å². The van der Waals surface area contributed by atoms with Gasteiger partial charge in [-0.15, -0.1) is 0 Å². The molecule has 0 aromatic carbocycles. The average Bonchev–Trinajstić information content (AvgIpc) is 3.49. The number of nitrogens with one attached hydrogen (secondary N) is 2. The second kappa shape index (κ2) is 9.14. The quantitative estimate of drug-likeness (QED) is 0.547. The lowest BCUT2D eigenvalue weighted by Crippen LogP contribution is -2.42. The van der Waals surface area contributed by atoms with Crippen LogP contribution in [-0.4, -0.2) is 72.7 Å². The molecular formula is C24H33N7O2S. The molecule has 2 fully saturated rings. The molecule has 4 heterocycles. The van der Waals surface area contributed by atoms with Gasteiger partial charge in [0.15, 0.2) is 9.84 Å². The van der Waals surface area contributed by atoms with Gasteiger partial charge in [-0.05, 0) is 58.0 Å². The Hall–Kier alpha value is -2.72. The number of H-pyrrole nitrogens is 1. The third kappa shape index (κ3) is 4.74. The molecule has 2 N–H and O–H groups in total. The fourth-order valence-corrected chi connectivity index (χ4v) is 5.79. The number of anilines is 3. The first-order valence-corrected chi connectivity index (χ1v) is 13.9. The largest absolute Gasteiger partial charge is 0.370 e. The highest BCUT2D eigenvalue weighted by molar-refractivity contribution is 7.90. The van der Waals surface area contributed by atoms with Crippen LogP contribution < -0.4 is 10.2 Å². The molecule has 5 rings (SSSR count). The van der Waals surface area contributed by atoms with E-state index in [1.165, 1.54) is 6.26 Å². The highest BCUT2D eigenvalue weighted by Crippen LogP contribution is 2.37. The summed E-state index contributed by atoms with van der Waals surface area (Å²) in [5.41, 5.74) is 2.57. The Balaban J connectivity index is 1.38. The van der Waals surface area contributed by atoms with Crippen LogP contribution in [0.25, 0.3) is 11.0 Å². The number of piperidine rings is 1. The number of nitrogens with zero attached hydrogens (tertiary/aromatic N) is 5. The van der Waals surface area contributed by atoms with E-state index in [1.54, 1.807) is 6.07 Å². The first kappa shape index (κ1) is 23.0. The van der Waals surface area contributed by atoms with Crippen LogP contribution in [-0.2, 0) is 9.84 Å². The molecule has 0 amide bonds. The molecule has 2 aliphatic rings. The molecule has 0 bridgehead atoms. The van der Waals surface area contributed by atoms with Gasteiger partial charge in [-0.2, -0.15) is 4.98 Å². The highest BCUT2D eigenvalue weighted by Gasteiger charge is 2.25. The molecule has 0 radical (unpaired) electrons. The van der Waals surface area contributed by atoms with Crippen molar-refractivity contribution in [2.45, 2.75) is 55.5 Å². The highest BCUT2D eigenvalue weighted by atomic mass is 32.2. The molecule has 182 valence electrons. The molecule has 3 aromatic heterocycles. The van der Waals surface area contributed by atoms with Gasteiger partial charge in [-0.3, -0.25) is 0 Å². The van der Waals surface area contributed by atoms with Crippen LogP contribution >= 0.6 is 0 Å². The van der Waals surface area contributed by atoms with E-state index >= 15 is 0 Å². The lowest BCUT2D eigenvalue weighted by atomic mass is 10.0. The summed E-state index contributed by atoms with van der Waals surface area (Å²) in [4.78, 5) is 21.7. The van der Waals surface area contributed by atoms with Crippen LogP contribution in [0.1, 0.15) is 50.1 Å². The lowest BCUT2D eigenvalue weighted by molar-refractivity contribution is 0.249. The van der Waals surface area contributed by atoms with E-state index in [9.17, 15) is 8.42 Å². The van der Waals surface area contributed by atoms with E-state index in [0.717, 1.165) is 68.4 Å². The minimum atomic E-state index is -3.36. The van der Waals surface area contributed by atoms with Gasteiger partial charge in [0.05, 0.1) is 17.6 Å². The average molecular weight is 484 g/mol. The SMILES string of the molecule is CN(C)C1CCN(c2ccc(Nc3nc(C4CCCC4)c4cc(S(C)(=O)=O)[nH]c4n3)nc2)CC1. The van der Waals surface area contributed by atoms with Gasteiger partial charge >= 0.3 is 0 Å². The number of rotatable bonds is 6. The molecule has 1 aliphatic carbocycles. The van der Waals surface area contributed by atoms with Crippen LogP contribution in [0.3, 0.4) is 0 Å². The number of hydrogen-bond donors (Lipinski definition) is 2. The molecule has 0 unspecified atom stereocenters. The third-order valence-corrected chi connectivity index (χ3v) is 8.20. The number of hydrogen-bond acceptors (Lipinski definition) is 8. The van der Waals surface area contributed by atoms with Crippen molar-refractivity contribution in [3.8, 4) is 0 Å². The zero-order chi connectivity index (χ0) is 23.9. The van der Waals surface area contributed by atoms with Crippen molar-refractivity contribution in [1.29, 1.82) is 0 Å². The molecule has 1 aliphatic heterocycles. The Morgan fingerprint density at radius 2 is 1.82 bits per heavy atom. The van der Waals surface area contributed by atoms with Gasteiger partial charge in [0.2, 0.25) is 5.95 Å². The van der Waals surface area contributed by atoms with Gasteiger partial charge in [0.25, 0.3) is 0 Å². The van der Waals surface area contributed by atoms with E-state index in [4.69, 9.17) is 4.98 Å². The number of fused-ring (bicyclic) bond motifs is 1. The Morgan fingerprint density at radius 1 is 1.09 bits per heavy atom. The second-order valence-corrected chi connectivity index (χ2v) is 11.8. The number of sulfone groups is 1. The van der Waals surface area contributed by atoms with Crippen molar-refractivity contribution < 1.29 is 8.42 Å². The molecule has 34 heavy (non-hydrogen) atoms. The summed E-state index contributed by atoms with van der Waals surface area (Å²) in [6, 6.07) is 6.35. The van der Waals surface area contributed by atoms with E-state index in [1.807, 2.05) is 12.3 Å². The van der Waals surface area contributed by atoms with Gasteiger partial charge in [-0.25, -0.2) is 18.4 Å². The van der Waals surface area contributed by atoms with E-state index in [2.05, 4.69) is 50.2 Å². The smallest absolute Gasteiger partial charge is 0.230 e. The van der Waals surface area contributed by atoms with E-state index in [-0.39, 0.29) is 5.03 Å². The fourth-order valence-electron chi connectivity index (χ4n) is 5.18. The van der Waals surface area contributed by atoms with E-state index in [0.29, 0.717) is 29.4 Å². The maximum Gasteiger partial charge on any atom is 0.230 e. The van der Waals surface area contributed by atoms with Gasteiger partial charge in [0, 0.05) is 36.7 Å². The third-order valence-electron chi connectivity index (χ3n) is 7.18. The topological polar surface area (TPSA) is 107 Å². The zero-order valence-corrected chi connectivity index (χ0v) is 20.9. The Bertz CT molecular complexity index is 1260. The molecule has 1 saturated carbocycles. The normalized spacial score (nSPS) is 18.3. The summed E-state index contributed by atoms with van der Waals surface area (Å²) in [6.45, 7) is 2.05. The first-order valence-electron chi connectivity index (χ1n) is 12.0. The predicted molar refractivity (Wildman–Crippen MR) is 135 cm³/mol. The Kier molecular flexibility index (Phi) is 6.20. The monoisotopic (exact) mass is 483 g/mol. The molecule has 0 atom stereocenters. The summed E-state index contributed by atoms with van der Waals surface area (Å²) in [5.74, 6) is 1.41. The zero-order valence-electron chi connectivity index (χ0n) is 20.1. The summed E-state index contributed by atoms with van der Waals surface area (Å²) < 4.78 is 24.2. The fraction of sp³-hybridized carbons (Fsp3) is 0.542. The summed E-state index contributed by atoms with van der Waals surface area (Å²) >= 11 is 0. The number of aromatic amines is 1. The van der Waals surface area contributed by atoms with Gasteiger partial charge < -0.3 is 20.1 Å². The lowest BCUT2D eigenvalue weighted by Gasteiger charge is -2.36. The van der Waals surface area contributed by atoms with Crippen molar-refractivity contribution in [2.24, 2.45) is 0 Å². The minimum absolute atomic E-state index is 0.175. The van der Waals surface area contributed by atoms with Crippen LogP contribution in [0, 0.1) is 0 Å². The van der Waals surface area contributed by atoms with Crippen molar-refractivity contribution in [3.05, 3.63) is 30.1 Å². The number of aromatic nitrogens is 4. The van der Waals surface area contributed by atoms with Crippen molar-refractivity contribution in [3.63, 3.8) is 0 Å². The van der Waals surface area contributed by atoms with Crippen molar-refractivity contribution in [2.75, 3.05) is 43.7 Å². The van der Waals surface area contributed by atoms with Crippen LogP contribution in [0.15, 0.2) is 29.4 Å². The first-order chi connectivity index (χ1) is 16.3. The van der Waals surface area contributed by atoms with Crippen LogP contribution in [0.4, 0.5) is 17.5 Å². The van der Waals surface area contributed by atoms with Gasteiger partial charge in [0.1, 0.15) is 16.5 Å². The maximum atomic E-state index is 12.1. The Labute approximate surface area is 200 Å². The minimum Gasteiger partial charge on any atom is -0.370 e. The summed E-state index contributed by atoms with van der Waals surface area (Å²) in [6.07, 6.45) is 9.84. The second-order valence-electron chi connectivity index (χ2n) is 9.79. The molecule has 0 spiro atoms. The predicted octanol–water partition coefficient (Wildman–Crippen LogP) is 3.69. The molecule has 1 saturated heterocycles. The van der Waals surface area contributed by atoms with E-state index < -0.39 is 9.84 Å². The molecular weight excluding hydrogens is 450 g/mol. The van der Waals surface area contributed by atoms with Crippen LogP contribution in [0.2, 0.25) is 0 Å². The summed E-state index contributed by atoms with van der Waals surface area (Å²) in [5, 5.41) is 4.20. The Morgan fingerprint density at radius 3 is 2.44 bits per heavy atom. The standard InChI is InChI=1S/C24H33N7O2S/c1-30(2)17-10-12-31(13-11-17)18-8-9-20(25-15-18)26-24-28-22(16-6-4-5-7-16)19-14-21(34(3,32)33)27-23(19)29-24/h8-9,14-17H,4-7,10-13H2,1-3H3,(H2,25,26,27,28,29). The molecule has 3 aromatic rings. The van der Waals surface area contributed by atoms with Crippen molar-refractivity contribution >= 4 is 38.3 Å². The van der Waals surface area contributed by atoms with Gasteiger partial charge in [-0.1, -0.05) is 12.8 Å². The maximum absolute atomic E-state index is 12.1. The molecule has 9 nitrogen and oxygen atoms in total. The van der Waals surface area contributed by atoms with Crippen molar-refractivity contribution in [1.82, 2.24) is 24.8 Å². The summed E-state index contributed by atoms with van der Waals surface area (Å²) in [7, 11) is 0.932. The number of pyridine rings is 1. The molecule has 10 heteroatoms.